The Morgan fingerprint density at radius 3 is 2.43 bits per heavy atom. The van der Waals surface area contributed by atoms with Gasteiger partial charge in [-0.25, -0.2) is 12.8 Å². The molecule has 23 heavy (non-hydrogen) atoms. The molecule has 2 aromatic carbocycles. The summed E-state index contributed by atoms with van der Waals surface area (Å²) in [5.74, 6) is -0.714. The second-order valence-corrected chi connectivity index (χ2v) is 7.42. The number of nitrogens with zero attached hydrogens (tertiary/aromatic N) is 2. The molecule has 8 heteroatoms. The van der Waals surface area contributed by atoms with Crippen LogP contribution in [0.25, 0.3) is 0 Å². The van der Waals surface area contributed by atoms with E-state index in [1.54, 1.807) is 18.2 Å². The van der Waals surface area contributed by atoms with Crippen molar-refractivity contribution >= 4 is 44.4 Å². The Kier molecular flexibility index (Phi) is 3.80. The fourth-order valence-electron chi connectivity index (χ4n) is 2.24. The van der Waals surface area contributed by atoms with Crippen molar-refractivity contribution in [2.75, 3.05) is 4.90 Å². The molecule has 0 fully saturated rings. The van der Waals surface area contributed by atoms with Crippen LogP contribution in [0, 0.1) is 17.1 Å². The SMILES string of the molecule is N#CC1=CN(c2ccc(Cl)cc2Cl)c2ccc(F)cc2S1(=O)=O. The molecule has 1 aliphatic heterocycles. The van der Waals surface area contributed by atoms with Crippen LogP contribution in [0.2, 0.25) is 10.0 Å². The highest BCUT2D eigenvalue weighted by Gasteiger charge is 2.33. The summed E-state index contributed by atoms with van der Waals surface area (Å²) in [6, 6.07) is 9.61. The quantitative estimate of drug-likeness (QED) is 0.747. The Balaban J connectivity index is 2.32. The molecule has 4 nitrogen and oxygen atoms in total. The molecule has 0 radical (unpaired) electrons. The first kappa shape index (κ1) is 15.8. The molecule has 1 heterocycles. The van der Waals surface area contributed by atoms with Gasteiger partial charge in [0, 0.05) is 11.2 Å². The van der Waals surface area contributed by atoms with E-state index in [0.717, 1.165) is 18.3 Å². The molecule has 0 saturated heterocycles. The lowest BCUT2D eigenvalue weighted by Crippen LogP contribution is -2.21. The fourth-order valence-corrected chi connectivity index (χ4v) is 4.05. The number of halogens is 3. The summed E-state index contributed by atoms with van der Waals surface area (Å²) in [6.07, 6.45) is 1.16. The summed E-state index contributed by atoms with van der Waals surface area (Å²) in [4.78, 5) is 0.636. The Labute approximate surface area is 141 Å². The van der Waals surface area contributed by atoms with E-state index in [9.17, 15) is 12.8 Å². The Morgan fingerprint density at radius 2 is 1.78 bits per heavy atom. The highest BCUT2D eigenvalue weighted by molar-refractivity contribution is 7.95. The lowest BCUT2D eigenvalue weighted by molar-refractivity contribution is 0.596. The molecule has 0 atom stereocenters. The third-order valence-electron chi connectivity index (χ3n) is 3.29. The highest BCUT2D eigenvalue weighted by Crippen LogP contribution is 2.42. The van der Waals surface area contributed by atoms with Crippen molar-refractivity contribution in [3.63, 3.8) is 0 Å². The minimum Gasteiger partial charge on any atom is -0.312 e. The zero-order valence-electron chi connectivity index (χ0n) is 11.3. The van der Waals surface area contributed by atoms with Gasteiger partial charge in [-0.2, -0.15) is 5.26 Å². The van der Waals surface area contributed by atoms with E-state index in [0.29, 0.717) is 10.7 Å². The van der Waals surface area contributed by atoms with Gasteiger partial charge in [-0.15, -0.1) is 0 Å². The molecule has 116 valence electrons. The van der Waals surface area contributed by atoms with Crippen LogP contribution in [0.15, 0.2) is 52.4 Å². The molecule has 0 aliphatic carbocycles. The highest BCUT2D eigenvalue weighted by atomic mass is 35.5. The first-order valence-corrected chi connectivity index (χ1v) is 8.49. The average molecular weight is 369 g/mol. The third-order valence-corrected chi connectivity index (χ3v) is 5.51. The van der Waals surface area contributed by atoms with Gasteiger partial charge in [0.05, 0.1) is 21.3 Å². The maximum atomic E-state index is 13.5. The van der Waals surface area contributed by atoms with Crippen LogP contribution in [0.5, 0.6) is 0 Å². The summed E-state index contributed by atoms with van der Waals surface area (Å²) in [5.41, 5.74) is 0.626. The Bertz CT molecular complexity index is 997. The van der Waals surface area contributed by atoms with Gasteiger partial charge in [-0.05, 0) is 36.4 Å². The number of anilines is 2. The predicted octanol–water partition coefficient (Wildman–Crippen LogP) is 4.42. The number of fused-ring (bicyclic) bond motifs is 1. The normalized spacial score (nSPS) is 15.6. The number of benzene rings is 2. The molecular formula is C15H7Cl2FN2O2S. The number of rotatable bonds is 1. The zero-order valence-corrected chi connectivity index (χ0v) is 13.6. The van der Waals surface area contributed by atoms with Gasteiger partial charge in [0.2, 0.25) is 9.84 Å². The Hall–Kier alpha value is -2.07. The van der Waals surface area contributed by atoms with Crippen LogP contribution in [-0.2, 0) is 9.84 Å². The summed E-state index contributed by atoms with van der Waals surface area (Å²) in [5, 5.41) is 9.80. The molecule has 0 amide bonds. The van der Waals surface area contributed by atoms with Crippen molar-refractivity contribution in [3.8, 4) is 6.07 Å². The van der Waals surface area contributed by atoms with E-state index >= 15 is 0 Å². The number of sulfone groups is 1. The predicted molar refractivity (Wildman–Crippen MR) is 85.9 cm³/mol. The topological polar surface area (TPSA) is 61.2 Å². The number of hydrogen-bond donors (Lipinski definition) is 0. The lowest BCUT2D eigenvalue weighted by Gasteiger charge is -2.28. The van der Waals surface area contributed by atoms with Gasteiger partial charge in [-0.1, -0.05) is 23.2 Å². The minimum absolute atomic E-state index is 0.203. The molecule has 0 unspecified atom stereocenters. The molecule has 3 rings (SSSR count). The van der Waals surface area contributed by atoms with E-state index in [-0.39, 0.29) is 15.6 Å². The molecule has 0 bridgehead atoms. The number of nitriles is 1. The second-order valence-electron chi connectivity index (χ2n) is 4.69. The second kappa shape index (κ2) is 5.53. The lowest BCUT2D eigenvalue weighted by atomic mass is 10.2. The van der Waals surface area contributed by atoms with Crippen molar-refractivity contribution in [3.05, 3.63) is 63.4 Å². The van der Waals surface area contributed by atoms with Gasteiger partial charge in [0.25, 0.3) is 0 Å². The monoisotopic (exact) mass is 368 g/mol. The number of hydrogen-bond acceptors (Lipinski definition) is 4. The third kappa shape index (κ3) is 2.57. The van der Waals surface area contributed by atoms with Crippen LogP contribution in [0.1, 0.15) is 0 Å². The molecule has 1 aliphatic rings. The van der Waals surface area contributed by atoms with Crippen LogP contribution in [0.4, 0.5) is 15.8 Å². The van der Waals surface area contributed by atoms with Crippen LogP contribution in [-0.4, -0.2) is 8.42 Å². The van der Waals surface area contributed by atoms with E-state index in [2.05, 4.69) is 0 Å². The smallest absolute Gasteiger partial charge is 0.220 e. The van der Waals surface area contributed by atoms with Crippen LogP contribution < -0.4 is 4.90 Å². The average Bonchev–Trinajstić information content (AvgIpc) is 2.49. The van der Waals surface area contributed by atoms with Crippen LogP contribution >= 0.6 is 23.2 Å². The van der Waals surface area contributed by atoms with Gasteiger partial charge in [0.1, 0.15) is 11.9 Å². The molecular weight excluding hydrogens is 362 g/mol. The molecule has 2 aromatic rings. The fraction of sp³-hybridized carbons (Fsp3) is 0. The maximum absolute atomic E-state index is 13.5. The maximum Gasteiger partial charge on any atom is 0.220 e. The van der Waals surface area contributed by atoms with Gasteiger partial charge in [0.15, 0.2) is 4.91 Å². The first-order valence-electron chi connectivity index (χ1n) is 6.25. The standard InChI is InChI=1S/C15H7Cl2FN2O2S/c16-9-1-3-13(12(17)5-9)20-8-11(7-19)23(21,22)15-6-10(18)2-4-14(15)20/h1-6,8H. The van der Waals surface area contributed by atoms with Crippen molar-refractivity contribution in [2.45, 2.75) is 4.90 Å². The zero-order chi connectivity index (χ0) is 16.8. The van der Waals surface area contributed by atoms with Crippen molar-refractivity contribution in [1.29, 1.82) is 5.26 Å². The van der Waals surface area contributed by atoms with Gasteiger partial charge >= 0.3 is 0 Å². The number of allylic oxidation sites excluding steroid dienone is 1. The Morgan fingerprint density at radius 1 is 1.09 bits per heavy atom. The van der Waals surface area contributed by atoms with E-state index in [1.807, 2.05) is 0 Å². The summed E-state index contributed by atoms with van der Waals surface area (Å²) in [6.45, 7) is 0. The first-order chi connectivity index (χ1) is 10.8. The minimum atomic E-state index is -4.07. The van der Waals surface area contributed by atoms with Gasteiger partial charge < -0.3 is 4.90 Å². The molecule has 0 saturated carbocycles. The van der Waals surface area contributed by atoms with Crippen molar-refractivity contribution in [2.24, 2.45) is 0 Å². The van der Waals surface area contributed by atoms with Crippen molar-refractivity contribution in [1.82, 2.24) is 0 Å². The molecule has 0 N–H and O–H groups in total. The summed E-state index contributed by atoms with van der Waals surface area (Å²) in [7, 11) is -4.07. The summed E-state index contributed by atoms with van der Waals surface area (Å²) >= 11 is 12.0. The van der Waals surface area contributed by atoms with Crippen LogP contribution in [0.3, 0.4) is 0 Å². The largest absolute Gasteiger partial charge is 0.312 e. The van der Waals surface area contributed by atoms with Gasteiger partial charge in [-0.3, -0.25) is 0 Å². The summed E-state index contributed by atoms with van der Waals surface area (Å²) < 4.78 is 38.2. The molecule has 0 aromatic heterocycles. The van der Waals surface area contributed by atoms with Crippen molar-refractivity contribution < 1.29 is 12.8 Å². The molecule has 0 spiro atoms. The van der Waals surface area contributed by atoms with E-state index in [4.69, 9.17) is 28.5 Å². The van der Waals surface area contributed by atoms with E-state index in [1.165, 1.54) is 17.0 Å². The van der Waals surface area contributed by atoms with E-state index < -0.39 is 20.6 Å².